The largest absolute Gasteiger partial charge is 0.369 e. The molecule has 0 spiro atoms. The third kappa shape index (κ3) is 5.08. The lowest BCUT2D eigenvalue weighted by molar-refractivity contribution is -0.123. The first-order valence-corrected chi connectivity index (χ1v) is 10.9. The van der Waals surface area contributed by atoms with E-state index >= 15 is 0 Å². The number of hydrogen-bond donors (Lipinski definition) is 1. The van der Waals surface area contributed by atoms with Gasteiger partial charge in [-0.3, -0.25) is 14.5 Å². The second-order valence-corrected chi connectivity index (χ2v) is 8.66. The number of piperazine rings is 1. The summed E-state index contributed by atoms with van der Waals surface area (Å²) < 4.78 is 0. The fraction of sp³-hybridized carbons (Fsp3) is 0.440. The van der Waals surface area contributed by atoms with Crippen LogP contribution in [0.2, 0.25) is 0 Å². The Morgan fingerprint density at radius 1 is 0.967 bits per heavy atom. The number of ketones is 1. The Balaban J connectivity index is 1.28. The molecule has 1 atom stereocenters. The summed E-state index contributed by atoms with van der Waals surface area (Å²) in [5.41, 5.74) is 4.34. The Bertz CT molecular complexity index is 880. The van der Waals surface area contributed by atoms with Crippen molar-refractivity contribution in [3.8, 4) is 0 Å². The van der Waals surface area contributed by atoms with Gasteiger partial charge in [0.2, 0.25) is 5.91 Å². The predicted molar refractivity (Wildman–Crippen MR) is 120 cm³/mol. The lowest BCUT2D eigenvalue weighted by Gasteiger charge is -2.36. The molecule has 1 unspecified atom stereocenters. The highest BCUT2D eigenvalue weighted by molar-refractivity contribution is 5.94. The lowest BCUT2D eigenvalue weighted by Crippen LogP contribution is -2.50. The van der Waals surface area contributed by atoms with E-state index in [1.807, 2.05) is 24.3 Å². The van der Waals surface area contributed by atoms with E-state index in [1.165, 1.54) is 24.0 Å². The average Bonchev–Trinajstić information content (AvgIpc) is 3.59. The van der Waals surface area contributed by atoms with Crippen molar-refractivity contribution >= 4 is 17.4 Å². The molecule has 5 heteroatoms. The van der Waals surface area contributed by atoms with Gasteiger partial charge in [0.25, 0.3) is 0 Å². The number of carbonyl (C=O) groups is 2. The Hall–Kier alpha value is -2.66. The molecule has 2 aromatic rings. The van der Waals surface area contributed by atoms with Crippen LogP contribution in [-0.2, 0) is 4.79 Å². The first kappa shape index (κ1) is 20.6. The number of hydrogen-bond acceptors (Lipinski definition) is 4. The summed E-state index contributed by atoms with van der Waals surface area (Å²) in [6, 6.07) is 16.5. The van der Waals surface area contributed by atoms with Crippen molar-refractivity contribution in [2.24, 2.45) is 5.92 Å². The Kier molecular flexibility index (Phi) is 6.18. The second-order valence-electron chi connectivity index (χ2n) is 8.66. The molecule has 1 amide bonds. The topological polar surface area (TPSA) is 52.7 Å². The predicted octanol–water partition coefficient (Wildman–Crippen LogP) is 3.59. The standard InChI is InChI=1S/C25H31N3O2/c1-18-3-5-21(6-4-18)25(22-7-8-22)26-24(30)17-27-13-15-28(16-14-27)23-11-9-20(10-12-23)19(2)29/h3-6,9-12,22,25H,7-8,13-17H2,1-2H3,(H,26,30). The van der Waals surface area contributed by atoms with Crippen LogP contribution in [0.5, 0.6) is 0 Å². The van der Waals surface area contributed by atoms with Crippen LogP contribution in [0, 0.1) is 12.8 Å². The van der Waals surface area contributed by atoms with Gasteiger partial charge in [0, 0.05) is 37.4 Å². The van der Waals surface area contributed by atoms with Crippen LogP contribution in [0.1, 0.15) is 47.3 Å². The van der Waals surface area contributed by atoms with E-state index in [0.717, 1.165) is 37.4 Å². The zero-order valence-corrected chi connectivity index (χ0v) is 17.9. The molecule has 0 aromatic heterocycles. The smallest absolute Gasteiger partial charge is 0.234 e. The van der Waals surface area contributed by atoms with Gasteiger partial charge in [0.05, 0.1) is 12.6 Å². The molecule has 1 N–H and O–H groups in total. The zero-order chi connectivity index (χ0) is 21.1. The summed E-state index contributed by atoms with van der Waals surface area (Å²) in [5.74, 6) is 0.783. The molecular weight excluding hydrogens is 374 g/mol. The number of anilines is 1. The first-order chi connectivity index (χ1) is 14.5. The highest BCUT2D eigenvalue weighted by Gasteiger charge is 2.33. The summed E-state index contributed by atoms with van der Waals surface area (Å²) in [6.45, 7) is 7.62. The zero-order valence-electron chi connectivity index (χ0n) is 17.9. The maximum absolute atomic E-state index is 12.7. The minimum atomic E-state index is 0.0903. The monoisotopic (exact) mass is 405 g/mol. The molecule has 2 fully saturated rings. The normalized spacial score (nSPS) is 18.1. The van der Waals surface area contributed by atoms with Crippen LogP contribution < -0.4 is 10.2 Å². The number of Topliss-reactive ketones (excluding diaryl/α,β-unsaturated/α-hetero) is 1. The van der Waals surface area contributed by atoms with E-state index in [9.17, 15) is 9.59 Å². The maximum Gasteiger partial charge on any atom is 0.234 e. The van der Waals surface area contributed by atoms with E-state index < -0.39 is 0 Å². The van der Waals surface area contributed by atoms with Gasteiger partial charge in [-0.1, -0.05) is 29.8 Å². The molecule has 1 saturated heterocycles. The summed E-state index contributed by atoms with van der Waals surface area (Å²) in [7, 11) is 0. The molecule has 1 aliphatic carbocycles. The van der Waals surface area contributed by atoms with E-state index in [1.54, 1.807) is 6.92 Å². The Morgan fingerprint density at radius 2 is 1.60 bits per heavy atom. The lowest BCUT2D eigenvalue weighted by atomic mass is 10.0. The molecule has 4 rings (SSSR count). The molecule has 0 radical (unpaired) electrons. The van der Waals surface area contributed by atoms with E-state index in [-0.39, 0.29) is 17.7 Å². The molecule has 0 bridgehead atoms. The van der Waals surface area contributed by atoms with E-state index in [0.29, 0.717) is 12.5 Å². The van der Waals surface area contributed by atoms with Crippen LogP contribution in [0.3, 0.4) is 0 Å². The molecule has 5 nitrogen and oxygen atoms in total. The molecular formula is C25H31N3O2. The quantitative estimate of drug-likeness (QED) is 0.716. The minimum Gasteiger partial charge on any atom is -0.369 e. The average molecular weight is 406 g/mol. The third-order valence-electron chi connectivity index (χ3n) is 6.22. The Morgan fingerprint density at radius 3 is 2.17 bits per heavy atom. The van der Waals surface area contributed by atoms with Gasteiger partial charge in [-0.05, 0) is 62.4 Å². The van der Waals surface area contributed by atoms with Crippen LogP contribution in [0.4, 0.5) is 5.69 Å². The first-order valence-electron chi connectivity index (χ1n) is 10.9. The number of nitrogens with zero attached hydrogens (tertiary/aromatic N) is 2. The highest BCUT2D eigenvalue weighted by atomic mass is 16.2. The molecule has 158 valence electrons. The SMILES string of the molecule is CC(=O)c1ccc(N2CCN(CC(=O)NC(c3ccc(C)cc3)C3CC3)CC2)cc1. The Labute approximate surface area is 179 Å². The molecule has 2 aromatic carbocycles. The van der Waals surface area contributed by atoms with Gasteiger partial charge < -0.3 is 10.2 Å². The number of amides is 1. The third-order valence-corrected chi connectivity index (χ3v) is 6.22. The number of aryl methyl sites for hydroxylation is 1. The van der Waals surface area contributed by atoms with Gasteiger partial charge in [-0.15, -0.1) is 0 Å². The van der Waals surface area contributed by atoms with E-state index in [2.05, 4.69) is 46.3 Å². The van der Waals surface area contributed by atoms with Crippen molar-refractivity contribution in [3.63, 3.8) is 0 Å². The number of benzene rings is 2. The molecule has 2 aliphatic rings. The van der Waals surface area contributed by atoms with Gasteiger partial charge >= 0.3 is 0 Å². The van der Waals surface area contributed by atoms with Gasteiger partial charge in [0.1, 0.15) is 0 Å². The fourth-order valence-electron chi connectivity index (χ4n) is 4.17. The van der Waals surface area contributed by atoms with Crippen molar-refractivity contribution in [3.05, 3.63) is 65.2 Å². The maximum atomic E-state index is 12.7. The molecule has 1 aliphatic heterocycles. The van der Waals surface area contributed by atoms with Crippen molar-refractivity contribution in [1.82, 2.24) is 10.2 Å². The highest BCUT2D eigenvalue weighted by Crippen LogP contribution is 2.41. The van der Waals surface area contributed by atoms with Crippen molar-refractivity contribution < 1.29 is 9.59 Å². The van der Waals surface area contributed by atoms with Gasteiger partial charge in [-0.25, -0.2) is 0 Å². The van der Waals surface area contributed by atoms with Crippen LogP contribution in [0.25, 0.3) is 0 Å². The minimum absolute atomic E-state index is 0.0903. The van der Waals surface area contributed by atoms with Crippen LogP contribution in [0.15, 0.2) is 48.5 Å². The number of carbonyl (C=O) groups excluding carboxylic acids is 2. The van der Waals surface area contributed by atoms with E-state index in [4.69, 9.17) is 0 Å². The number of rotatable bonds is 7. The summed E-state index contributed by atoms with van der Waals surface area (Å²) >= 11 is 0. The van der Waals surface area contributed by atoms with Crippen molar-refractivity contribution in [1.29, 1.82) is 0 Å². The van der Waals surface area contributed by atoms with Crippen molar-refractivity contribution in [2.75, 3.05) is 37.6 Å². The van der Waals surface area contributed by atoms with Crippen LogP contribution in [-0.4, -0.2) is 49.3 Å². The second kappa shape index (κ2) is 9.00. The van der Waals surface area contributed by atoms with Gasteiger partial charge in [-0.2, -0.15) is 0 Å². The fourth-order valence-corrected chi connectivity index (χ4v) is 4.17. The summed E-state index contributed by atoms with van der Waals surface area (Å²) in [6.07, 6.45) is 2.39. The number of nitrogens with one attached hydrogen (secondary N) is 1. The van der Waals surface area contributed by atoms with Crippen LogP contribution >= 0.6 is 0 Å². The van der Waals surface area contributed by atoms with Gasteiger partial charge in [0.15, 0.2) is 5.78 Å². The molecule has 1 saturated carbocycles. The molecule has 1 heterocycles. The summed E-state index contributed by atoms with van der Waals surface area (Å²) in [4.78, 5) is 28.7. The summed E-state index contributed by atoms with van der Waals surface area (Å²) in [5, 5.41) is 3.30. The van der Waals surface area contributed by atoms with Crippen molar-refractivity contribution in [2.45, 2.75) is 32.7 Å². The molecule has 30 heavy (non-hydrogen) atoms.